The molecule has 0 radical (unpaired) electrons. The summed E-state index contributed by atoms with van der Waals surface area (Å²) >= 11 is 0. The summed E-state index contributed by atoms with van der Waals surface area (Å²) in [6, 6.07) is 0.302. The number of hydrogen-bond donors (Lipinski definition) is 2. The third-order valence-corrected chi connectivity index (χ3v) is 2.50. The van der Waals surface area contributed by atoms with Gasteiger partial charge >= 0.3 is 0 Å². The van der Waals surface area contributed by atoms with Crippen molar-refractivity contribution in [3.63, 3.8) is 0 Å². The number of halogens is 1. The van der Waals surface area contributed by atoms with E-state index in [1.54, 1.807) is 0 Å². The molecule has 1 heterocycles. The van der Waals surface area contributed by atoms with Crippen LogP contribution in [-0.2, 0) is 6.42 Å². The second-order valence-electron chi connectivity index (χ2n) is 3.20. The van der Waals surface area contributed by atoms with Crippen LogP contribution in [0.25, 0.3) is 0 Å². The van der Waals surface area contributed by atoms with Crippen molar-refractivity contribution in [2.45, 2.75) is 25.3 Å². The SMILES string of the molecule is C[NH2+][C@@H]1CCCc2o[nH]c(=O)c21.[Br-]. The summed E-state index contributed by atoms with van der Waals surface area (Å²) in [5, 5.41) is 4.46. The standard InChI is InChI=1S/C8H12N2O2.BrH/c1-9-5-3-2-4-6-7(5)8(11)10-12-6;/h5,9H,2-4H2,1H3,(H,10,11);1H/t5-;/m1./s1. The van der Waals surface area contributed by atoms with Crippen LogP contribution in [0.15, 0.2) is 9.32 Å². The van der Waals surface area contributed by atoms with E-state index >= 15 is 0 Å². The molecule has 0 aromatic carbocycles. The van der Waals surface area contributed by atoms with Crippen molar-refractivity contribution in [1.82, 2.24) is 5.16 Å². The zero-order chi connectivity index (χ0) is 8.55. The van der Waals surface area contributed by atoms with Crippen LogP contribution in [-0.4, -0.2) is 12.2 Å². The molecule has 13 heavy (non-hydrogen) atoms. The Morgan fingerprint density at radius 1 is 1.62 bits per heavy atom. The van der Waals surface area contributed by atoms with Gasteiger partial charge in [0, 0.05) is 12.8 Å². The molecule has 3 N–H and O–H groups in total. The number of rotatable bonds is 1. The van der Waals surface area contributed by atoms with Gasteiger partial charge in [-0.2, -0.15) is 5.16 Å². The number of quaternary nitrogens is 1. The highest BCUT2D eigenvalue weighted by atomic mass is 79.9. The van der Waals surface area contributed by atoms with Crippen LogP contribution in [0.3, 0.4) is 0 Å². The van der Waals surface area contributed by atoms with Gasteiger partial charge in [0.1, 0.15) is 17.4 Å². The molecule has 4 nitrogen and oxygen atoms in total. The Bertz CT molecular complexity index is 331. The Labute approximate surface area is 86.4 Å². The van der Waals surface area contributed by atoms with E-state index in [0.29, 0.717) is 6.04 Å². The van der Waals surface area contributed by atoms with Gasteiger partial charge in [0.2, 0.25) is 0 Å². The molecule has 0 fully saturated rings. The first kappa shape index (κ1) is 10.5. The molecule has 74 valence electrons. The third kappa shape index (κ3) is 1.71. The van der Waals surface area contributed by atoms with E-state index in [2.05, 4.69) is 10.5 Å². The van der Waals surface area contributed by atoms with Crippen LogP contribution in [0, 0.1) is 0 Å². The van der Waals surface area contributed by atoms with E-state index in [0.717, 1.165) is 30.6 Å². The highest BCUT2D eigenvalue weighted by Gasteiger charge is 2.27. The van der Waals surface area contributed by atoms with E-state index in [1.807, 2.05) is 7.05 Å². The van der Waals surface area contributed by atoms with Crippen LogP contribution < -0.4 is 27.9 Å². The molecule has 0 bridgehead atoms. The highest BCUT2D eigenvalue weighted by Crippen LogP contribution is 2.23. The number of nitrogens with two attached hydrogens (primary N) is 1. The minimum Gasteiger partial charge on any atom is -1.00 e. The van der Waals surface area contributed by atoms with Crippen LogP contribution >= 0.6 is 0 Å². The first-order valence-corrected chi connectivity index (χ1v) is 4.32. The van der Waals surface area contributed by atoms with E-state index < -0.39 is 0 Å². The first-order valence-electron chi connectivity index (χ1n) is 4.32. The van der Waals surface area contributed by atoms with Gasteiger partial charge in [-0.1, -0.05) is 0 Å². The Morgan fingerprint density at radius 2 is 2.38 bits per heavy atom. The average Bonchev–Trinajstić information content (AvgIpc) is 2.48. The molecule has 0 unspecified atom stereocenters. The Kier molecular flexibility index (Phi) is 3.33. The summed E-state index contributed by atoms with van der Waals surface area (Å²) in [4.78, 5) is 11.3. The van der Waals surface area contributed by atoms with Crippen molar-refractivity contribution in [2.24, 2.45) is 0 Å². The van der Waals surface area contributed by atoms with Crippen molar-refractivity contribution >= 4 is 0 Å². The molecule has 0 spiro atoms. The molecule has 1 aromatic rings. The second-order valence-corrected chi connectivity index (χ2v) is 3.20. The lowest BCUT2D eigenvalue weighted by Crippen LogP contribution is -3.00. The van der Waals surface area contributed by atoms with Gasteiger partial charge in [0.05, 0.1) is 7.05 Å². The molecular formula is C8H13BrN2O2. The predicted octanol–water partition coefficient (Wildman–Crippen LogP) is -3.46. The molecular weight excluding hydrogens is 236 g/mol. The lowest BCUT2D eigenvalue weighted by molar-refractivity contribution is -0.672. The summed E-state index contributed by atoms with van der Waals surface area (Å²) in [5.41, 5.74) is 0.802. The van der Waals surface area contributed by atoms with E-state index in [9.17, 15) is 4.79 Å². The van der Waals surface area contributed by atoms with Crippen molar-refractivity contribution in [2.75, 3.05) is 7.05 Å². The summed E-state index contributed by atoms with van der Waals surface area (Å²) in [5.74, 6) is 0.856. The van der Waals surface area contributed by atoms with Gasteiger partial charge in [-0.3, -0.25) is 4.79 Å². The summed E-state index contributed by atoms with van der Waals surface area (Å²) in [6.45, 7) is 0. The Morgan fingerprint density at radius 3 is 3.08 bits per heavy atom. The van der Waals surface area contributed by atoms with Gasteiger partial charge in [-0.15, -0.1) is 0 Å². The maximum absolute atomic E-state index is 11.3. The predicted molar refractivity (Wildman–Crippen MR) is 42.9 cm³/mol. The largest absolute Gasteiger partial charge is 1.00 e. The van der Waals surface area contributed by atoms with Crippen LogP contribution in [0.5, 0.6) is 0 Å². The molecule has 0 saturated heterocycles. The molecule has 5 heteroatoms. The lowest BCUT2D eigenvalue weighted by atomic mass is 9.94. The zero-order valence-electron chi connectivity index (χ0n) is 7.47. The molecule has 1 aliphatic rings. The summed E-state index contributed by atoms with van der Waals surface area (Å²) in [6.07, 6.45) is 3.09. The Balaban J connectivity index is 0.000000845. The van der Waals surface area contributed by atoms with Crippen molar-refractivity contribution in [3.8, 4) is 0 Å². The second kappa shape index (κ2) is 4.11. The van der Waals surface area contributed by atoms with Crippen molar-refractivity contribution in [1.29, 1.82) is 0 Å². The number of aryl methyl sites for hydroxylation is 1. The average molecular weight is 249 g/mol. The minimum atomic E-state index is -0.0483. The molecule has 0 saturated carbocycles. The lowest BCUT2D eigenvalue weighted by Gasteiger charge is -2.15. The molecule has 2 rings (SSSR count). The molecule has 1 aromatic heterocycles. The molecule has 1 atom stereocenters. The number of hydrogen-bond acceptors (Lipinski definition) is 2. The number of aromatic nitrogens is 1. The third-order valence-electron chi connectivity index (χ3n) is 2.50. The molecule has 1 aliphatic carbocycles. The fraction of sp³-hybridized carbons (Fsp3) is 0.625. The number of aromatic amines is 1. The number of nitrogens with one attached hydrogen (secondary N) is 1. The number of H-pyrrole nitrogens is 1. The monoisotopic (exact) mass is 248 g/mol. The summed E-state index contributed by atoms with van der Waals surface area (Å²) in [7, 11) is 1.99. The van der Waals surface area contributed by atoms with Crippen LogP contribution in [0.2, 0.25) is 0 Å². The van der Waals surface area contributed by atoms with Gasteiger partial charge in [0.15, 0.2) is 0 Å². The minimum absolute atomic E-state index is 0. The normalized spacial score (nSPS) is 20.5. The highest BCUT2D eigenvalue weighted by molar-refractivity contribution is 5.19. The molecule has 0 amide bonds. The van der Waals surface area contributed by atoms with Crippen LogP contribution in [0.4, 0.5) is 0 Å². The molecule has 0 aliphatic heterocycles. The fourth-order valence-electron chi connectivity index (χ4n) is 1.87. The van der Waals surface area contributed by atoms with Gasteiger partial charge in [-0.05, 0) is 6.42 Å². The zero-order valence-corrected chi connectivity index (χ0v) is 9.06. The van der Waals surface area contributed by atoms with Gasteiger partial charge in [0.25, 0.3) is 5.56 Å². The maximum atomic E-state index is 11.3. The summed E-state index contributed by atoms with van der Waals surface area (Å²) < 4.78 is 5.06. The van der Waals surface area contributed by atoms with Crippen molar-refractivity contribution in [3.05, 3.63) is 21.7 Å². The van der Waals surface area contributed by atoms with Gasteiger partial charge < -0.3 is 26.8 Å². The van der Waals surface area contributed by atoms with Crippen LogP contribution in [0.1, 0.15) is 30.2 Å². The van der Waals surface area contributed by atoms with Crippen molar-refractivity contribution < 1.29 is 26.8 Å². The van der Waals surface area contributed by atoms with E-state index in [-0.39, 0.29) is 22.5 Å². The van der Waals surface area contributed by atoms with Gasteiger partial charge in [-0.25, -0.2) is 0 Å². The smallest absolute Gasteiger partial charge is 0.289 e. The fourth-order valence-corrected chi connectivity index (χ4v) is 1.87. The van der Waals surface area contributed by atoms with E-state index in [4.69, 9.17) is 4.52 Å². The maximum Gasteiger partial charge on any atom is 0.289 e. The topological polar surface area (TPSA) is 62.6 Å². The Hall–Kier alpha value is -0.550. The number of fused-ring (bicyclic) bond motifs is 1. The first-order chi connectivity index (χ1) is 5.83. The van der Waals surface area contributed by atoms with E-state index in [1.165, 1.54) is 0 Å². The quantitative estimate of drug-likeness (QED) is 0.543.